The zero-order valence-electron chi connectivity index (χ0n) is 12.1. The molecule has 3 N–H and O–H groups in total. The third-order valence-electron chi connectivity index (χ3n) is 3.64. The summed E-state index contributed by atoms with van der Waals surface area (Å²) in [5.41, 5.74) is 1.42. The molecule has 1 aliphatic rings. The van der Waals surface area contributed by atoms with Crippen LogP contribution < -0.4 is 10.6 Å². The Hall–Kier alpha value is -2.08. The molecule has 1 saturated carbocycles. The molecule has 2 unspecified atom stereocenters. The first-order valence-corrected chi connectivity index (χ1v) is 7.33. The molecule has 0 aliphatic heterocycles. The molecule has 0 saturated heterocycles. The fourth-order valence-corrected chi connectivity index (χ4v) is 2.32. The maximum absolute atomic E-state index is 11.8. The fraction of sp³-hybridized carbons (Fsp3) is 0.400. The van der Waals surface area contributed by atoms with Crippen molar-refractivity contribution in [3.63, 3.8) is 0 Å². The van der Waals surface area contributed by atoms with Gasteiger partial charge in [-0.2, -0.15) is 0 Å². The average molecular weight is 325 g/mol. The lowest BCUT2D eigenvalue weighted by atomic mass is 10.2. The van der Waals surface area contributed by atoms with Crippen molar-refractivity contribution in [3.8, 4) is 0 Å². The Morgan fingerprint density at radius 3 is 2.68 bits per heavy atom. The zero-order chi connectivity index (χ0) is 16.3. The van der Waals surface area contributed by atoms with Crippen LogP contribution in [-0.2, 0) is 14.4 Å². The van der Waals surface area contributed by atoms with E-state index in [-0.39, 0.29) is 24.8 Å². The third-order valence-corrected chi connectivity index (χ3v) is 4.05. The normalized spacial score (nSPS) is 19.4. The Kier molecular flexibility index (Phi) is 5.03. The molecule has 0 heterocycles. The van der Waals surface area contributed by atoms with Crippen LogP contribution >= 0.6 is 11.6 Å². The number of nitrogens with one attached hydrogen (secondary N) is 2. The summed E-state index contributed by atoms with van der Waals surface area (Å²) in [6.07, 6.45) is 0.483. The number of rotatable bonds is 6. The first-order valence-electron chi connectivity index (χ1n) is 6.95. The van der Waals surface area contributed by atoms with E-state index in [9.17, 15) is 14.4 Å². The van der Waals surface area contributed by atoms with Gasteiger partial charge < -0.3 is 15.7 Å². The van der Waals surface area contributed by atoms with Gasteiger partial charge in [-0.05, 0) is 31.0 Å². The number of hydrogen-bond acceptors (Lipinski definition) is 3. The molecular formula is C15H17ClN2O4. The highest BCUT2D eigenvalue weighted by Crippen LogP contribution is 2.38. The lowest BCUT2D eigenvalue weighted by Crippen LogP contribution is -2.29. The minimum atomic E-state index is -0.950. The number of amides is 2. The number of halogens is 1. The molecule has 1 fully saturated rings. The van der Waals surface area contributed by atoms with Crippen molar-refractivity contribution < 1.29 is 19.5 Å². The summed E-state index contributed by atoms with van der Waals surface area (Å²) in [4.78, 5) is 34.1. The van der Waals surface area contributed by atoms with Crippen LogP contribution in [0.25, 0.3) is 0 Å². The monoisotopic (exact) mass is 324 g/mol. The second-order valence-electron chi connectivity index (χ2n) is 5.29. The second-order valence-corrected chi connectivity index (χ2v) is 5.70. The van der Waals surface area contributed by atoms with Crippen molar-refractivity contribution in [2.24, 2.45) is 11.8 Å². The first kappa shape index (κ1) is 16.3. The topological polar surface area (TPSA) is 95.5 Å². The summed E-state index contributed by atoms with van der Waals surface area (Å²) in [5.74, 6) is -2.54. The second kappa shape index (κ2) is 6.79. The molecular weight excluding hydrogens is 308 g/mol. The molecule has 7 heteroatoms. The zero-order valence-corrected chi connectivity index (χ0v) is 12.8. The molecule has 1 aromatic rings. The van der Waals surface area contributed by atoms with Crippen molar-refractivity contribution in [2.75, 3.05) is 11.9 Å². The Morgan fingerprint density at radius 2 is 2.05 bits per heavy atom. The Labute approximate surface area is 132 Å². The van der Waals surface area contributed by atoms with Crippen molar-refractivity contribution in [2.45, 2.75) is 19.8 Å². The van der Waals surface area contributed by atoms with E-state index in [1.54, 1.807) is 25.1 Å². The molecule has 1 aromatic carbocycles. The molecule has 118 valence electrons. The van der Waals surface area contributed by atoms with Crippen LogP contribution in [0, 0.1) is 18.8 Å². The van der Waals surface area contributed by atoms with Gasteiger partial charge in [0.25, 0.3) is 0 Å². The van der Waals surface area contributed by atoms with Crippen molar-refractivity contribution in [1.29, 1.82) is 0 Å². The Morgan fingerprint density at radius 1 is 1.32 bits per heavy atom. The van der Waals surface area contributed by atoms with E-state index in [2.05, 4.69) is 10.6 Å². The van der Waals surface area contributed by atoms with Gasteiger partial charge >= 0.3 is 5.97 Å². The number of anilines is 1. The van der Waals surface area contributed by atoms with Crippen LogP contribution in [0.1, 0.15) is 18.4 Å². The average Bonchev–Trinajstić information content (AvgIpc) is 3.24. The SMILES string of the molecule is Cc1c(Cl)cccc1NC(=O)CCNC(=O)C1CC1C(=O)O. The summed E-state index contributed by atoms with van der Waals surface area (Å²) < 4.78 is 0. The number of aliphatic carboxylic acids is 1. The minimum Gasteiger partial charge on any atom is -0.481 e. The molecule has 2 amide bonds. The standard InChI is InChI=1S/C15H17ClN2O4/c1-8-11(16)3-2-4-12(8)18-13(19)5-6-17-14(20)9-7-10(9)15(21)22/h2-4,9-10H,5-7H2,1H3,(H,17,20)(H,18,19)(H,21,22). The van der Waals surface area contributed by atoms with Gasteiger partial charge in [0.05, 0.1) is 11.8 Å². The third kappa shape index (κ3) is 3.98. The molecule has 2 rings (SSSR count). The van der Waals surface area contributed by atoms with Gasteiger partial charge in [0, 0.05) is 23.7 Å². The maximum Gasteiger partial charge on any atom is 0.307 e. The number of carboxylic acid groups (broad SMARTS) is 1. The smallest absolute Gasteiger partial charge is 0.307 e. The highest BCUT2D eigenvalue weighted by molar-refractivity contribution is 6.31. The van der Waals surface area contributed by atoms with Gasteiger partial charge in [0.1, 0.15) is 0 Å². The predicted molar refractivity (Wildman–Crippen MR) is 81.7 cm³/mol. The van der Waals surface area contributed by atoms with E-state index in [0.29, 0.717) is 17.1 Å². The lowest BCUT2D eigenvalue weighted by Gasteiger charge is -2.10. The van der Waals surface area contributed by atoms with E-state index >= 15 is 0 Å². The van der Waals surface area contributed by atoms with E-state index in [1.165, 1.54) is 0 Å². The number of benzene rings is 1. The van der Waals surface area contributed by atoms with Crippen LogP contribution in [0.15, 0.2) is 18.2 Å². The summed E-state index contributed by atoms with van der Waals surface area (Å²) in [5, 5.41) is 14.6. The highest BCUT2D eigenvalue weighted by Gasteiger charge is 2.48. The summed E-state index contributed by atoms with van der Waals surface area (Å²) in [6, 6.07) is 5.23. The van der Waals surface area contributed by atoms with Gasteiger partial charge in [-0.1, -0.05) is 17.7 Å². The first-order chi connectivity index (χ1) is 10.4. The van der Waals surface area contributed by atoms with E-state index in [4.69, 9.17) is 16.7 Å². The van der Waals surface area contributed by atoms with Crippen molar-refractivity contribution in [3.05, 3.63) is 28.8 Å². The van der Waals surface area contributed by atoms with Gasteiger partial charge in [0.15, 0.2) is 0 Å². The van der Waals surface area contributed by atoms with Crippen LogP contribution in [-0.4, -0.2) is 29.4 Å². The van der Waals surface area contributed by atoms with Crippen LogP contribution in [0.3, 0.4) is 0 Å². The molecule has 2 atom stereocenters. The predicted octanol–water partition coefficient (Wildman–Crippen LogP) is 1.81. The molecule has 0 aromatic heterocycles. The number of carboxylic acids is 1. The van der Waals surface area contributed by atoms with Crippen LogP contribution in [0.4, 0.5) is 5.69 Å². The van der Waals surface area contributed by atoms with E-state index in [1.807, 2.05) is 0 Å². The summed E-state index contributed by atoms with van der Waals surface area (Å²) in [6.45, 7) is 1.98. The van der Waals surface area contributed by atoms with Gasteiger partial charge in [-0.15, -0.1) is 0 Å². The van der Waals surface area contributed by atoms with Gasteiger partial charge in [-0.3, -0.25) is 14.4 Å². The summed E-state index contributed by atoms with van der Waals surface area (Å²) in [7, 11) is 0. The van der Waals surface area contributed by atoms with E-state index < -0.39 is 17.8 Å². The Balaban J connectivity index is 1.73. The maximum atomic E-state index is 11.8. The van der Waals surface area contributed by atoms with Gasteiger partial charge in [-0.25, -0.2) is 0 Å². The molecule has 0 bridgehead atoms. The number of carbonyl (C=O) groups is 3. The quantitative estimate of drug-likeness (QED) is 0.743. The number of hydrogen-bond donors (Lipinski definition) is 3. The summed E-state index contributed by atoms with van der Waals surface area (Å²) >= 11 is 5.97. The lowest BCUT2D eigenvalue weighted by molar-refractivity contribution is -0.140. The Bertz CT molecular complexity index is 618. The van der Waals surface area contributed by atoms with E-state index in [0.717, 1.165) is 5.56 Å². The van der Waals surface area contributed by atoms with Crippen LogP contribution in [0.2, 0.25) is 5.02 Å². The van der Waals surface area contributed by atoms with Crippen molar-refractivity contribution >= 4 is 35.1 Å². The van der Waals surface area contributed by atoms with Gasteiger partial charge in [0.2, 0.25) is 11.8 Å². The molecule has 22 heavy (non-hydrogen) atoms. The molecule has 6 nitrogen and oxygen atoms in total. The largest absolute Gasteiger partial charge is 0.481 e. The van der Waals surface area contributed by atoms with Crippen molar-refractivity contribution in [1.82, 2.24) is 5.32 Å². The highest BCUT2D eigenvalue weighted by atomic mass is 35.5. The molecule has 0 spiro atoms. The minimum absolute atomic E-state index is 0.113. The molecule has 0 radical (unpaired) electrons. The van der Waals surface area contributed by atoms with Crippen LogP contribution in [0.5, 0.6) is 0 Å². The fourth-order valence-electron chi connectivity index (χ4n) is 2.14. The molecule has 1 aliphatic carbocycles. The number of carbonyl (C=O) groups excluding carboxylic acids is 2.